The highest BCUT2D eigenvalue weighted by Gasteiger charge is 2.25. The van der Waals surface area contributed by atoms with Gasteiger partial charge in [-0.15, -0.1) is 0 Å². The lowest BCUT2D eigenvalue weighted by atomic mass is 9.91. The third-order valence-corrected chi connectivity index (χ3v) is 6.06. The molecule has 2 saturated heterocycles. The van der Waals surface area contributed by atoms with Crippen LogP contribution in [0.25, 0.3) is 0 Å². The van der Waals surface area contributed by atoms with Gasteiger partial charge in [0.2, 0.25) is 0 Å². The van der Waals surface area contributed by atoms with Gasteiger partial charge in [0.1, 0.15) is 11.6 Å². The zero-order valence-electron chi connectivity index (χ0n) is 16.5. The summed E-state index contributed by atoms with van der Waals surface area (Å²) < 4.78 is 27.7. The molecule has 2 aromatic carbocycles. The van der Waals surface area contributed by atoms with Gasteiger partial charge in [-0.2, -0.15) is 0 Å². The normalized spacial score (nSPS) is 22.1. The van der Waals surface area contributed by atoms with Crippen LogP contribution < -0.4 is 10.9 Å². The summed E-state index contributed by atoms with van der Waals surface area (Å²) in [5.41, 5.74) is 8.38. The van der Waals surface area contributed by atoms with E-state index in [0.29, 0.717) is 24.9 Å². The minimum atomic E-state index is -0.485. The smallest absolute Gasteiger partial charge is 0.253 e. The number of rotatable bonds is 5. The van der Waals surface area contributed by atoms with Gasteiger partial charge in [0.15, 0.2) is 0 Å². The van der Waals surface area contributed by atoms with Crippen LogP contribution >= 0.6 is 0 Å². The van der Waals surface area contributed by atoms with Gasteiger partial charge in [0.05, 0.1) is 0 Å². The molecule has 4 rings (SSSR count). The van der Waals surface area contributed by atoms with Crippen LogP contribution in [0.5, 0.6) is 0 Å². The molecule has 154 valence electrons. The fourth-order valence-corrected chi connectivity index (χ4v) is 4.38. The maximum atomic E-state index is 13.9. The summed E-state index contributed by atoms with van der Waals surface area (Å²) in [6, 6.07) is 12.1. The highest BCUT2D eigenvalue weighted by Crippen LogP contribution is 2.25. The van der Waals surface area contributed by atoms with Gasteiger partial charge in [-0.25, -0.2) is 8.78 Å². The molecule has 2 fully saturated rings. The van der Waals surface area contributed by atoms with E-state index in [-0.39, 0.29) is 23.4 Å². The Morgan fingerprint density at radius 1 is 1.07 bits per heavy atom. The molecular formula is C23H27F2N3O. The van der Waals surface area contributed by atoms with E-state index in [9.17, 15) is 13.6 Å². The van der Waals surface area contributed by atoms with Crippen LogP contribution in [0.4, 0.5) is 8.78 Å². The predicted octanol–water partition coefficient (Wildman–Crippen LogP) is 3.99. The summed E-state index contributed by atoms with van der Waals surface area (Å²) in [4.78, 5) is 14.8. The van der Waals surface area contributed by atoms with Gasteiger partial charge < -0.3 is 4.90 Å². The Hall–Kier alpha value is -2.31. The van der Waals surface area contributed by atoms with Crippen molar-refractivity contribution in [3.05, 3.63) is 70.8 Å². The van der Waals surface area contributed by atoms with Gasteiger partial charge in [-0.1, -0.05) is 18.2 Å². The molecule has 29 heavy (non-hydrogen) atoms. The maximum absolute atomic E-state index is 13.9. The number of halogens is 2. The second kappa shape index (κ2) is 9.01. The molecule has 2 aliphatic rings. The van der Waals surface area contributed by atoms with Gasteiger partial charge in [0, 0.05) is 36.8 Å². The lowest BCUT2D eigenvalue weighted by Gasteiger charge is -2.33. The Morgan fingerprint density at radius 3 is 2.52 bits per heavy atom. The molecule has 2 N–H and O–H groups in total. The number of carbonyl (C=O) groups excluding carboxylic acids is 1. The molecule has 2 atom stereocenters. The Morgan fingerprint density at radius 2 is 1.83 bits per heavy atom. The Labute approximate surface area is 170 Å². The van der Waals surface area contributed by atoms with E-state index < -0.39 is 11.6 Å². The van der Waals surface area contributed by atoms with Crippen LogP contribution in [-0.4, -0.2) is 30.4 Å². The van der Waals surface area contributed by atoms with Gasteiger partial charge >= 0.3 is 0 Å². The molecule has 4 nitrogen and oxygen atoms in total. The predicted molar refractivity (Wildman–Crippen MR) is 108 cm³/mol. The average molecular weight is 399 g/mol. The summed E-state index contributed by atoms with van der Waals surface area (Å²) in [5.74, 6) is -0.669. The molecule has 2 heterocycles. The van der Waals surface area contributed by atoms with E-state index in [0.717, 1.165) is 32.4 Å². The van der Waals surface area contributed by atoms with Crippen molar-refractivity contribution in [1.82, 2.24) is 15.8 Å². The second-order valence-corrected chi connectivity index (χ2v) is 8.03. The fourth-order valence-electron chi connectivity index (χ4n) is 4.38. The zero-order chi connectivity index (χ0) is 20.2. The summed E-state index contributed by atoms with van der Waals surface area (Å²) in [6.45, 7) is 2.32. The van der Waals surface area contributed by atoms with E-state index >= 15 is 0 Å². The summed E-state index contributed by atoms with van der Waals surface area (Å²) >= 11 is 0. The molecule has 2 aromatic rings. The van der Waals surface area contributed by atoms with Crippen molar-refractivity contribution in [2.24, 2.45) is 5.92 Å². The third kappa shape index (κ3) is 4.65. The van der Waals surface area contributed by atoms with Crippen molar-refractivity contribution in [1.29, 1.82) is 0 Å². The molecule has 1 amide bonds. The molecule has 0 bridgehead atoms. The molecule has 0 saturated carbocycles. The van der Waals surface area contributed by atoms with Crippen LogP contribution in [0, 0.1) is 17.6 Å². The van der Waals surface area contributed by atoms with Gasteiger partial charge in [-0.3, -0.25) is 15.6 Å². The van der Waals surface area contributed by atoms with E-state index in [4.69, 9.17) is 0 Å². The van der Waals surface area contributed by atoms with Crippen molar-refractivity contribution >= 4 is 5.91 Å². The first kappa shape index (κ1) is 20.0. The number of benzene rings is 2. The Bertz CT molecular complexity index is 829. The summed E-state index contributed by atoms with van der Waals surface area (Å²) in [6.07, 6.45) is 3.98. The number of piperidine rings is 1. The van der Waals surface area contributed by atoms with E-state index in [1.54, 1.807) is 0 Å². The Kier molecular flexibility index (Phi) is 6.21. The van der Waals surface area contributed by atoms with Crippen molar-refractivity contribution < 1.29 is 13.6 Å². The van der Waals surface area contributed by atoms with Crippen LogP contribution in [0.15, 0.2) is 42.5 Å². The van der Waals surface area contributed by atoms with Crippen molar-refractivity contribution in [2.45, 2.75) is 38.1 Å². The van der Waals surface area contributed by atoms with E-state index in [2.05, 4.69) is 10.9 Å². The van der Waals surface area contributed by atoms with Crippen LogP contribution in [0.3, 0.4) is 0 Å². The molecular weight excluding hydrogens is 372 g/mol. The average Bonchev–Trinajstić information content (AvgIpc) is 3.28. The standard InChI is InChI=1S/C23H27F2N3O/c24-20-4-1-5-21(25)19(20)11-6-16-3-2-14-28(15-16)23(29)18-9-7-17(8-10-18)22-12-13-26-27-22/h1,4-5,7-10,16,22,26-27H,2-3,6,11-15H2. The first-order valence-electron chi connectivity index (χ1n) is 10.4. The number of hydrogen-bond donors (Lipinski definition) is 2. The largest absolute Gasteiger partial charge is 0.338 e. The maximum Gasteiger partial charge on any atom is 0.253 e. The molecule has 2 aliphatic heterocycles. The Balaban J connectivity index is 1.35. The monoisotopic (exact) mass is 399 g/mol. The highest BCUT2D eigenvalue weighted by molar-refractivity contribution is 5.94. The van der Waals surface area contributed by atoms with E-state index in [1.165, 1.54) is 23.8 Å². The summed E-state index contributed by atoms with van der Waals surface area (Å²) in [5, 5.41) is 0. The third-order valence-electron chi connectivity index (χ3n) is 6.06. The van der Waals surface area contributed by atoms with Gasteiger partial charge in [-0.05, 0) is 67.9 Å². The quantitative estimate of drug-likeness (QED) is 0.799. The topological polar surface area (TPSA) is 44.4 Å². The SMILES string of the molecule is O=C(c1ccc(C2CCNN2)cc1)N1CCCC(CCc2c(F)cccc2F)C1. The molecule has 0 aromatic heterocycles. The second-order valence-electron chi connectivity index (χ2n) is 8.03. The minimum absolute atomic E-state index is 0.0378. The lowest BCUT2D eigenvalue weighted by Crippen LogP contribution is -2.40. The van der Waals surface area contributed by atoms with Gasteiger partial charge in [0.25, 0.3) is 5.91 Å². The zero-order valence-corrected chi connectivity index (χ0v) is 16.5. The first-order valence-corrected chi connectivity index (χ1v) is 10.4. The number of hydrogen-bond acceptors (Lipinski definition) is 3. The van der Waals surface area contributed by atoms with Crippen LogP contribution in [0.2, 0.25) is 0 Å². The summed E-state index contributed by atoms with van der Waals surface area (Å²) in [7, 11) is 0. The number of carbonyl (C=O) groups is 1. The lowest BCUT2D eigenvalue weighted by molar-refractivity contribution is 0.0668. The minimum Gasteiger partial charge on any atom is -0.338 e. The molecule has 6 heteroatoms. The molecule has 0 aliphatic carbocycles. The van der Waals surface area contributed by atoms with Crippen molar-refractivity contribution in [3.63, 3.8) is 0 Å². The van der Waals surface area contributed by atoms with E-state index in [1.807, 2.05) is 29.2 Å². The molecule has 2 unspecified atom stereocenters. The number of nitrogens with one attached hydrogen (secondary N) is 2. The first-order chi connectivity index (χ1) is 14.1. The highest BCUT2D eigenvalue weighted by atomic mass is 19.1. The van der Waals surface area contributed by atoms with Crippen LogP contribution in [0.1, 0.15) is 53.2 Å². The number of hydrazine groups is 1. The fraction of sp³-hybridized carbons (Fsp3) is 0.435. The van der Waals surface area contributed by atoms with Crippen molar-refractivity contribution in [3.8, 4) is 0 Å². The molecule has 0 spiro atoms. The number of likely N-dealkylation sites (tertiary alicyclic amines) is 1. The van der Waals surface area contributed by atoms with Crippen molar-refractivity contribution in [2.75, 3.05) is 19.6 Å². The van der Waals surface area contributed by atoms with Crippen LogP contribution in [-0.2, 0) is 6.42 Å². The number of amides is 1. The molecule has 0 radical (unpaired) electrons. The number of nitrogens with zero attached hydrogens (tertiary/aromatic N) is 1.